The third kappa shape index (κ3) is 3.05. The summed E-state index contributed by atoms with van der Waals surface area (Å²) in [5.41, 5.74) is 1.14. The Hall–Kier alpha value is -1.91. The molecule has 1 aromatic rings. The van der Waals surface area contributed by atoms with Gasteiger partial charge in [-0.05, 0) is 25.5 Å². The zero-order valence-corrected chi connectivity index (χ0v) is 9.23. The van der Waals surface area contributed by atoms with Crippen molar-refractivity contribution < 1.29 is 14.7 Å². The second kappa shape index (κ2) is 5.25. The lowest BCUT2D eigenvalue weighted by Gasteiger charge is -2.12. The minimum Gasteiger partial charge on any atom is -0.480 e. The van der Waals surface area contributed by atoms with Crippen LogP contribution < -0.4 is 5.32 Å². The number of carboxylic acid groups (broad SMARTS) is 1. The minimum absolute atomic E-state index is 0.352. The molecule has 5 heteroatoms. The van der Waals surface area contributed by atoms with E-state index in [9.17, 15) is 9.59 Å². The lowest BCUT2D eigenvalue weighted by molar-refractivity contribution is -0.139. The normalized spacial score (nSPS) is 11.9. The number of carbonyl (C=O) groups is 2. The van der Waals surface area contributed by atoms with Crippen LogP contribution in [0.1, 0.15) is 29.4 Å². The third-order valence-electron chi connectivity index (χ3n) is 2.17. The molecule has 0 unspecified atom stereocenters. The van der Waals surface area contributed by atoms with Crippen molar-refractivity contribution in [1.29, 1.82) is 0 Å². The molecule has 0 fully saturated rings. The number of nitrogens with one attached hydrogen (secondary N) is 1. The van der Waals surface area contributed by atoms with E-state index in [-0.39, 0.29) is 5.91 Å². The van der Waals surface area contributed by atoms with Gasteiger partial charge in [0, 0.05) is 17.5 Å². The molecule has 0 bridgehead atoms. The molecule has 0 saturated heterocycles. The Morgan fingerprint density at radius 2 is 2.25 bits per heavy atom. The number of hydrogen-bond donors (Lipinski definition) is 2. The van der Waals surface area contributed by atoms with E-state index < -0.39 is 12.0 Å². The largest absolute Gasteiger partial charge is 0.480 e. The Morgan fingerprint density at radius 1 is 1.56 bits per heavy atom. The number of aryl methyl sites for hydroxylation is 1. The van der Waals surface area contributed by atoms with E-state index in [0.717, 1.165) is 5.69 Å². The zero-order valence-electron chi connectivity index (χ0n) is 9.23. The molecular formula is C11H14N2O3. The van der Waals surface area contributed by atoms with Gasteiger partial charge in [-0.15, -0.1) is 0 Å². The van der Waals surface area contributed by atoms with Gasteiger partial charge in [-0.3, -0.25) is 9.78 Å². The summed E-state index contributed by atoms with van der Waals surface area (Å²) in [6, 6.07) is 2.32. The highest BCUT2D eigenvalue weighted by Gasteiger charge is 2.18. The molecule has 5 nitrogen and oxygen atoms in total. The first-order valence-corrected chi connectivity index (χ1v) is 5.01. The molecule has 16 heavy (non-hydrogen) atoms. The lowest BCUT2D eigenvalue weighted by atomic mass is 10.2. The van der Waals surface area contributed by atoms with Crippen LogP contribution in [-0.4, -0.2) is 28.0 Å². The summed E-state index contributed by atoms with van der Waals surface area (Å²) in [5, 5.41) is 11.2. The van der Waals surface area contributed by atoms with Crippen molar-refractivity contribution >= 4 is 11.9 Å². The van der Waals surface area contributed by atoms with Crippen LogP contribution in [0.4, 0.5) is 0 Å². The average molecular weight is 222 g/mol. The number of rotatable bonds is 4. The number of aliphatic carboxylic acids is 1. The van der Waals surface area contributed by atoms with Crippen LogP contribution >= 0.6 is 0 Å². The Kier molecular flexibility index (Phi) is 3.99. The second-order valence-corrected chi connectivity index (χ2v) is 3.46. The molecule has 1 rings (SSSR count). The van der Waals surface area contributed by atoms with E-state index in [0.29, 0.717) is 12.0 Å². The van der Waals surface area contributed by atoms with E-state index in [2.05, 4.69) is 10.3 Å². The number of aromatic nitrogens is 1. The number of amides is 1. The Balaban J connectivity index is 2.75. The third-order valence-corrected chi connectivity index (χ3v) is 2.17. The number of carboxylic acids is 1. The Morgan fingerprint density at radius 3 is 2.75 bits per heavy atom. The summed E-state index contributed by atoms with van der Waals surface area (Å²) in [6.07, 6.45) is 1.87. The standard InChI is InChI=1S/C11H14N2O3/c1-3-9(11(15)16)13-10(14)8-4-5-12-7(2)6-8/h4-6,9H,3H2,1-2H3,(H,13,14)(H,15,16)/t9-/m1/s1. The first kappa shape index (κ1) is 12.2. The van der Waals surface area contributed by atoms with Crippen LogP contribution in [0.2, 0.25) is 0 Å². The van der Waals surface area contributed by atoms with Crippen molar-refractivity contribution in [3.63, 3.8) is 0 Å². The van der Waals surface area contributed by atoms with Gasteiger partial charge in [-0.25, -0.2) is 4.79 Å². The fraction of sp³-hybridized carbons (Fsp3) is 0.364. The van der Waals surface area contributed by atoms with Crippen LogP contribution in [0.25, 0.3) is 0 Å². The van der Waals surface area contributed by atoms with Gasteiger partial charge in [0.25, 0.3) is 5.91 Å². The molecule has 0 aliphatic heterocycles. The maximum absolute atomic E-state index is 11.7. The van der Waals surface area contributed by atoms with Crippen LogP contribution in [0.15, 0.2) is 18.3 Å². The molecule has 1 atom stereocenters. The van der Waals surface area contributed by atoms with E-state index in [4.69, 9.17) is 5.11 Å². The first-order valence-electron chi connectivity index (χ1n) is 5.01. The summed E-state index contributed by atoms with van der Waals surface area (Å²) in [7, 11) is 0. The molecule has 0 saturated carbocycles. The molecule has 1 amide bonds. The average Bonchev–Trinajstić information content (AvgIpc) is 2.25. The molecule has 0 aliphatic rings. The summed E-state index contributed by atoms with van der Waals surface area (Å²) in [6.45, 7) is 3.47. The highest BCUT2D eigenvalue weighted by atomic mass is 16.4. The van der Waals surface area contributed by atoms with Crippen LogP contribution in [0, 0.1) is 6.92 Å². The van der Waals surface area contributed by atoms with Crippen molar-refractivity contribution in [1.82, 2.24) is 10.3 Å². The van der Waals surface area contributed by atoms with Crippen molar-refractivity contribution in [3.05, 3.63) is 29.6 Å². The molecule has 86 valence electrons. The molecule has 0 aromatic carbocycles. The monoisotopic (exact) mass is 222 g/mol. The maximum atomic E-state index is 11.7. The van der Waals surface area contributed by atoms with Gasteiger partial charge in [-0.1, -0.05) is 6.92 Å². The smallest absolute Gasteiger partial charge is 0.326 e. The molecule has 0 spiro atoms. The van der Waals surface area contributed by atoms with E-state index in [1.807, 2.05) is 0 Å². The Bertz CT molecular complexity index is 404. The summed E-state index contributed by atoms with van der Waals surface area (Å²) >= 11 is 0. The van der Waals surface area contributed by atoms with Crippen LogP contribution in [-0.2, 0) is 4.79 Å². The van der Waals surface area contributed by atoms with Crippen LogP contribution in [0.3, 0.4) is 0 Å². The predicted octanol–water partition coefficient (Wildman–Crippen LogP) is 0.983. The van der Waals surface area contributed by atoms with Crippen LogP contribution in [0.5, 0.6) is 0 Å². The fourth-order valence-electron chi connectivity index (χ4n) is 1.27. The van der Waals surface area contributed by atoms with E-state index in [1.54, 1.807) is 26.0 Å². The van der Waals surface area contributed by atoms with Crippen molar-refractivity contribution in [2.24, 2.45) is 0 Å². The highest BCUT2D eigenvalue weighted by molar-refractivity contribution is 5.96. The topological polar surface area (TPSA) is 79.3 Å². The zero-order chi connectivity index (χ0) is 12.1. The number of nitrogens with zero attached hydrogens (tertiary/aromatic N) is 1. The molecule has 1 heterocycles. The molecule has 0 aliphatic carbocycles. The minimum atomic E-state index is -1.03. The first-order chi connectivity index (χ1) is 7.54. The number of pyridine rings is 1. The number of hydrogen-bond acceptors (Lipinski definition) is 3. The van der Waals surface area contributed by atoms with Crippen molar-refractivity contribution in [2.75, 3.05) is 0 Å². The van der Waals surface area contributed by atoms with Gasteiger partial charge in [0.1, 0.15) is 6.04 Å². The van der Waals surface area contributed by atoms with Crippen molar-refractivity contribution in [3.8, 4) is 0 Å². The van der Waals surface area contributed by atoms with E-state index >= 15 is 0 Å². The summed E-state index contributed by atoms with van der Waals surface area (Å²) < 4.78 is 0. The molecular weight excluding hydrogens is 208 g/mol. The highest BCUT2D eigenvalue weighted by Crippen LogP contribution is 2.02. The molecule has 0 radical (unpaired) electrons. The van der Waals surface area contributed by atoms with Gasteiger partial charge in [-0.2, -0.15) is 0 Å². The molecule has 2 N–H and O–H groups in total. The van der Waals surface area contributed by atoms with E-state index in [1.165, 1.54) is 6.20 Å². The SMILES string of the molecule is CC[C@@H](NC(=O)c1ccnc(C)c1)C(=O)O. The second-order valence-electron chi connectivity index (χ2n) is 3.46. The van der Waals surface area contributed by atoms with Crippen molar-refractivity contribution in [2.45, 2.75) is 26.3 Å². The number of carbonyl (C=O) groups excluding carboxylic acids is 1. The van der Waals surface area contributed by atoms with Gasteiger partial charge in [0.05, 0.1) is 0 Å². The molecule has 1 aromatic heterocycles. The summed E-state index contributed by atoms with van der Waals surface area (Å²) in [5.74, 6) is -1.42. The lowest BCUT2D eigenvalue weighted by Crippen LogP contribution is -2.40. The maximum Gasteiger partial charge on any atom is 0.326 e. The summed E-state index contributed by atoms with van der Waals surface area (Å²) in [4.78, 5) is 26.4. The quantitative estimate of drug-likeness (QED) is 0.796. The Labute approximate surface area is 93.5 Å². The van der Waals surface area contributed by atoms with Gasteiger partial charge >= 0.3 is 5.97 Å². The van der Waals surface area contributed by atoms with Gasteiger partial charge in [0.2, 0.25) is 0 Å². The fourth-order valence-corrected chi connectivity index (χ4v) is 1.27. The van der Waals surface area contributed by atoms with Gasteiger partial charge < -0.3 is 10.4 Å². The van der Waals surface area contributed by atoms with Gasteiger partial charge in [0.15, 0.2) is 0 Å². The predicted molar refractivity (Wildman–Crippen MR) is 58.2 cm³/mol.